The second-order valence-electron chi connectivity index (χ2n) is 4.53. The van der Waals surface area contributed by atoms with Crippen molar-refractivity contribution in [3.8, 4) is 11.1 Å². The zero-order valence-electron chi connectivity index (χ0n) is 11.7. The van der Waals surface area contributed by atoms with E-state index < -0.39 is 0 Å². The van der Waals surface area contributed by atoms with Crippen molar-refractivity contribution in [2.45, 2.75) is 0 Å². The summed E-state index contributed by atoms with van der Waals surface area (Å²) < 4.78 is 0.740. The SMILES string of the molecule is CNCCNC(=O)c1cccc(-c2cnc(N)c(Br)c2)c1. The van der Waals surface area contributed by atoms with Crippen molar-refractivity contribution in [3.05, 3.63) is 46.6 Å². The quantitative estimate of drug-likeness (QED) is 0.722. The Morgan fingerprint density at radius 1 is 1.29 bits per heavy atom. The lowest BCUT2D eigenvalue weighted by Gasteiger charge is -2.08. The number of hydrogen-bond donors (Lipinski definition) is 3. The summed E-state index contributed by atoms with van der Waals surface area (Å²) >= 11 is 3.36. The summed E-state index contributed by atoms with van der Waals surface area (Å²) in [5, 5.41) is 5.84. The molecule has 1 aromatic carbocycles. The summed E-state index contributed by atoms with van der Waals surface area (Å²) in [6.45, 7) is 1.33. The van der Waals surface area contributed by atoms with Gasteiger partial charge in [0.15, 0.2) is 0 Å². The van der Waals surface area contributed by atoms with Crippen LogP contribution < -0.4 is 16.4 Å². The molecular weight excluding hydrogens is 332 g/mol. The van der Waals surface area contributed by atoms with Gasteiger partial charge in [-0.25, -0.2) is 4.98 Å². The van der Waals surface area contributed by atoms with Gasteiger partial charge in [0.2, 0.25) is 0 Å². The lowest BCUT2D eigenvalue weighted by molar-refractivity contribution is 0.0954. The third-order valence-corrected chi connectivity index (χ3v) is 3.62. The zero-order chi connectivity index (χ0) is 15.2. The molecule has 1 amide bonds. The Morgan fingerprint density at radius 2 is 2.10 bits per heavy atom. The number of anilines is 1. The molecule has 2 aromatic rings. The Kier molecular flexibility index (Phi) is 5.30. The minimum absolute atomic E-state index is 0.0884. The molecule has 0 unspecified atom stereocenters. The number of nitrogens with two attached hydrogens (primary N) is 1. The number of hydrogen-bond acceptors (Lipinski definition) is 4. The third-order valence-electron chi connectivity index (χ3n) is 2.99. The van der Waals surface area contributed by atoms with Crippen molar-refractivity contribution < 1.29 is 4.79 Å². The molecule has 0 aliphatic carbocycles. The normalized spacial score (nSPS) is 10.4. The van der Waals surface area contributed by atoms with Crippen LogP contribution in [-0.4, -0.2) is 31.0 Å². The Bertz CT molecular complexity index is 645. The van der Waals surface area contributed by atoms with Crippen LogP contribution in [0.1, 0.15) is 10.4 Å². The van der Waals surface area contributed by atoms with Crippen LogP contribution in [0.25, 0.3) is 11.1 Å². The Labute approximate surface area is 132 Å². The maximum Gasteiger partial charge on any atom is 0.251 e. The van der Waals surface area contributed by atoms with Crippen molar-refractivity contribution in [2.75, 3.05) is 25.9 Å². The highest BCUT2D eigenvalue weighted by atomic mass is 79.9. The maximum absolute atomic E-state index is 12.0. The number of rotatable bonds is 5. The van der Waals surface area contributed by atoms with E-state index >= 15 is 0 Å². The molecule has 0 radical (unpaired) electrons. The molecule has 110 valence electrons. The van der Waals surface area contributed by atoms with Crippen LogP contribution in [0.5, 0.6) is 0 Å². The molecule has 1 heterocycles. The molecule has 0 aliphatic heterocycles. The lowest BCUT2D eigenvalue weighted by atomic mass is 10.0. The first-order chi connectivity index (χ1) is 10.1. The number of carbonyl (C=O) groups excluding carboxylic acids is 1. The van der Waals surface area contributed by atoms with E-state index in [1.54, 1.807) is 12.3 Å². The molecule has 4 N–H and O–H groups in total. The number of aromatic nitrogens is 1. The number of likely N-dealkylation sites (N-methyl/N-ethyl adjacent to an activating group) is 1. The van der Waals surface area contributed by atoms with Crippen LogP contribution in [0.15, 0.2) is 41.0 Å². The average molecular weight is 349 g/mol. The fourth-order valence-corrected chi connectivity index (χ4v) is 2.20. The number of nitrogen functional groups attached to an aromatic ring is 1. The Balaban J connectivity index is 2.20. The molecule has 21 heavy (non-hydrogen) atoms. The fourth-order valence-electron chi connectivity index (χ4n) is 1.85. The van der Waals surface area contributed by atoms with Gasteiger partial charge in [-0.15, -0.1) is 0 Å². The van der Waals surface area contributed by atoms with Crippen molar-refractivity contribution in [3.63, 3.8) is 0 Å². The number of nitrogens with one attached hydrogen (secondary N) is 2. The molecule has 0 bridgehead atoms. The van der Waals surface area contributed by atoms with Gasteiger partial charge in [-0.2, -0.15) is 0 Å². The van der Waals surface area contributed by atoms with E-state index in [1.165, 1.54) is 0 Å². The highest BCUT2D eigenvalue weighted by molar-refractivity contribution is 9.10. The van der Waals surface area contributed by atoms with Crippen molar-refractivity contribution in [1.29, 1.82) is 0 Å². The van der Waals surface area contributed by atoms with Gasteiger partial charge < -0.3 is 16.4 Å². The predicted molar refractivity (Wildman–Crippen MR) is 88.0 cm³/mol. The van der Waals surface area contributed by atoms with Crippen LogP contribution in [0, 0.1) is 0 Å². The monoisotopic (exact) mass is 348 g/mol. The summed E-state index contributed by atoms with van der Waals surface area (Å²) in [5.41, 5.74) is 8.13. The molecule has 6 heteroatoms. The zero-order valence-corrected chi connectivity index (χ0v) is 13.3. The minimum Gasteiger partial charge on any atom is -0.383 e. The first-order valence-corrected chi connectivity index (χ1v) is 7.35. The Hall–Kier alpha value is -1.92. The van der Waals surface area contributed by atoms with Crippen LogP contribution in [0.3, 0.4) is 0 Å². The van der Waals surface area contributed by atoms with Gasteiger partial charge in [0, 0.05) is 30.4 Å². The molecule has 0 saturated heterocycles. The molecule has 0 spiro atoms. The molecule has 0 saturated carbocycles. The Morgan fingerprint density at radius 3 is 2.81 bits per heavy atom. The van der Waals surface area contributed by atoms with Gasteiger partial charge in [-0.1, -0.05) is 12.1 Å². The summed E-state index contributed by atoms with van der Waals surface area (Å²) in [4.78, 5) is 16.2. The first kappa shape index (κ1) is 15.5. The summed E-state index contributed by atoms with van der Waals surface area (Å²) in [7, 11) is 1.85. The van der Waals surface area contributed by atoms with Crippen LogP contribution in [-0.2, 0) is 0 Å². The summed E-state index contributed by atoms with van der Waals surface area (Å²) in [6, 6.07) is 9.31. The van der Waals surface area contributed by atoms with E-state index in [-0.39, 0.29) is 5.91 Å². The number of pyridine rings is 1. The minimum atomic E-state index is -0.0884. The van der Waals surface area contributed by atoms with Crippen LogP contribution >= 0.6 is 15.9 Å². The molecule has 0 fully saturated rings. The number of halogens is 1. The highest BCUT2D eigenvalue weighted by Gasteiger charge is 2.08. The van der Waals surface area contributed by atoms with Crippen LogP contribution in [0.2, 0.25) is 0 Å². The smallest absolute Gasteiger partial charge is 0.251 e. The second kappa shape index (κ2) is 7.19. The van der Waals surface area contributed by atoms with Gasteiger partial charge >= 0.3 is 0 Å². The molecule has 2 rings (SSSR count). The number of amides is 1. The molecule has 5 nitrogen and oxygen atoms in total. The van der Waals surface area contributed by atoms with Gasteiger partial charge in [0.25, 0.3) is 5.91 Å². The molecule has 0 atom stereocenters. The molecule has 0 aliphatic rings. The van der Waals surface area contributed by atoms with E-state index in [1.807, 2.05) is 31.3 Å². The van der Waals surface area contributed by atoms with Crippen molar-refractivity contribution >= 4 is 27.7 Å². The van der Waals surface area contributed by atoms with Crippen molar-refractivity contribution in [1.82, 2.24) is 15.6 Å². The van der Waals surface area contributed by atoms with Gasteiger partial charge in [0.05, 0.1) is 4.47 Å². The second-order valence-corrected chi connectivity index (χ2v) is 5.39. The number of benzene rings is 1. The number of carbonyl (C=O) groups is 1. The van der Waals surface area contributed by atoms with Gasteiger partial charge in [0.1, 0.15) is 5.82 Å². The number of nitrogens with zero attached hydrogens (tertiary/aromatic N) is 1. The summed E-state index contributed by atoms with van der Waals surface area (Å²) in [6.07, 6.45) is 1.69. The average Bonchev–Trinajstić information content (AvgIpc) is 2.50. The fraction of sp³-hybridized carbons (Fsp3) is 0.200. The standard InChI is InChI=1S/C15H17BrN4O/c1-18-5-6-19-15(21)11-4-2-3-10(7-11)12-8-13(16)14(17)20-9-12/h2-4,7-9,18H,5-6H2,1H3,(H2,17,20)(H,19,21). The largest absolute Gasteiger partial charge is 0.383 e. The van der Waals surface area contributed by atoms with Gasteiger partial charge in [-0.3, -0.25) is 4.79 Å². The molecule has 1 aromatic heterocycles. The molecular formula is C15H17BrN4O. The highest BCUT2D eigenvalue weighted by Crippen LogP contribution is 2.25. The first-order valence-electron chi connectivity index (χ1n) is 6.56. The third kappa shape index (κ3) is 4.03. The lowest BCUT2D eigenvalue weighted by Crippen LogP contribution is -2.30. The van der Waals surface area contributed by atoms with E-state index in [2.05, 4.69) is 31.5 Å². The van der Waals surface area contributed by atoms with E-state index in [9.17, 15) is 4.79 Å². The summed E-state index contributed by atoms with van der Waals surface area (Å²) in [5.74, 6) is 0.356. The van der Waals surface area contributed by atoms with Crippen LogP contribution in [0.4, 0.5) is 5.82 Å². The van der Waals surface area contributed by atoms with Crippen molar-refractivity contribution in [2.24, 2.45) is 0 Å². The van der Waals surface area contributed by atoms with E-state index in [4.69, 9.17) is 5.73 Å². The van der Waals surface area contributed by atoms with E-state index in [0.717, 1.165) is 22.1 Å². The topological polar surface area (TPSA) is 80.0 Å². The van der Waals surface area contributed by atoms with E-state index in [0.29, 0.717) is 17.9 Å². The predicted octanol–water partition coefficient (Wildman–Crippen LogP) is 2.04. The van der Waals surface area contributed by atoms with Gasteiger partial charge in [-0.05, 0) is 46.7 Å². The maximum atomic E-state index is 12.0.